The van der Waals surface area contributed by atoms with Crippen molar-refractivity contribution >= 4 is 23.9 Å². The van der Waals surface area contributed by atoms with E-state index in [0.717, 1.165) is 11.1 Å². The molecule has 0 fully saturated rings. The lowest BCUT2D eigenvalue weighted by atomic mass is 10.1. The molecule has 29 heavy (non-hydrogen) atoms. The van der Waals surface area contributed by atoms with Crippen LogP contribution < -0.4 is 15.6 Å². The van der Waals surface area contributed by atoms with Crippen LogP contribution >= 0.6 is 0 Å². The molecule has 0 heterocycles. The zero-order valence-corrected chi connectivity index (χ0v) is 16.0. The molecule has 150 valence electrons. The van der Waals surface area contributed by atoms with E-state index >= 15 is 0 Å². The molecule has 2 N–H and O–H groups in total. The van der Waals surface area contributed by atoms with Crippen LogP contribution in [0.3, 0.4) is 0 Å². The molecule has 7 heteroatoms. The molecule has 0 spiro atoms. The highest BCUT2D eigenvalue weighted by molar-refractivity contribution is 5.95. The first-order valence-corrected chi connectivity index (χ1v) is 8.82. The van der Waals surface area contributed by atoms with Crippen LogP contribution in [0.25, 0.3) is 6.08 Å². The zero-order chi connectivity index (χ0) is 21.1. The minimum atomic E-state index is -0.683. The van der Waals surface area contributed by atoms with Gasteiger partial charge >= 0.3 is 5.97 Å². The topological polar surface area (TPSA) is 93.7 Å². The number of amides is 2. The molecule has 0 radical (unpaired) electrons. The van der Waals surface area contributed by atoms with Crippen LogP contribution in [0.15, 0.2) is 67.3 Å². The third-order valence-corrected chi connectivity index (χ3v) is 3.63. The van der Waals surface area contributed by atoms with Crippen molar-refractivity contribution < 1.29 is 23.9 Å². The molecule has 0 aliphatic carbocycles. The van der Waals surface area contributed by atoms with Gasteiger partial charge in [0.25, 0.3) is 11.8 Å². The van der Waals surface area contributed by atoms with E-state index in [-0.39, 0.29) is 0 Å². The van der Waals surface area contributed by atoms with Crippen LogP contribution in [0, 0.1) is 6.92 Å². The fourth-order valence-electron chi connectivity index (χ4n) is 2.12. The number of nitrogens with one attached hydrogen (secondary N) is 2. The highest BCUT2D eigenvalue weighted by atomic mass is 16.5. The standard InChI is InChI=1S/C22H22N2O5/c1-3-14-28-19-11-6-17(7-12-19)8-13-21(26)29-15-20(25)23-24-22(27)18-9-4-16(2)5-10-18/h3-13H,1,14-15H2,2H3,(H,23,25)(H,24,27)/b13-8+. The van der Waals surface area contributed by atoms with E-state index in [9.17, 15) is 14.4 Å². The van der Waals surface area contributed by atoms with Gasteiger partial charge in [-0.2, -0.15) is 0 Å². The Hall–Kier alpha value is -3.87. The second-order valence-corrected chi connectivity index (χ2v) is 5.98. The van der Waals surface area contributed by atoms with E-state index in [1.807, 2.05) is 6.92 Å². The van der Waals surface area contributed by atoms with Crippen molar-refractivity contribution in [3.63, 3.8) is 0 Å². The number of ether oxygens (including phenoxy) is 2. The molecule has 0 unspecified atom stereocenters. The summed E-state index contributed by atoms with van der Waals surface area (Å²) in [5.74, 6) is -1.12. The van der Waals surface area contributed by atoms with Crippen molar-refractivity contribution in [2.24, 2.45) is 0 Å². The smallest absolute Gasteiger partial charge is 0.331 e. The number of aryl methyl sites for hydroxylation is 1. The number of hydrazine groups is 1. The Labute approximate surface area is 169 Å². The highest BCUT2D eigenvalue weighted by Gasteiger charge is 2.08. The van der Waals surface area contributed by atoms with Crippen molar-refractivity contribution in [3.05, 3.63) is 84.0 Å². The van der Waals surface area contributed by atoms with Crippen LogP contribution in [0.5, 0.6) is 5.75 Å². The van der Waals surface area contributed by atoms with Crippen molar-refractivity contribution in [1.29, 1.82) is 0 Å². The van der Waals surface area contributed by atoms with Gasteiger partial charge in [0.05, 0.1) is 0 Å². The molecule has 2 aromatic carbocycles. The fourth-order valence-corrected chi connectivity index (χ4v) is 2.12. The van der Waals surface area contributed by atoms with E-state index in [2.05, 4.69) is 17.4 Å². The van der Waals surface area contributed by atoms with E-state index in [0.29, 0.717) is 17.9 Å². The van der Waals surface area contributed by atoms with E-state index in [1.165, 1.54) is 6.08 Å². The average Bonchev–Trinajstić information content (AvgIpc) is 2.74. The second-order valence-electron chi connectivity index (χ2n) is 5.98. The molecular formula is C22H22N2O5. The van der Waals surface area contributed by atoms with Gasteiger partial charge in [-0.25, -0.2) is 4.79 Å². The molecule has 0 bridgehead atoms. The Morgan fingerprint density at radius 1 is 1.00 bits per heavy atom. The first kappa shape index (κ1) is 21.4. The van der Waals surface area contributed by atoms with Gasteiger partial charge in [0.15, 0.2) is 6.61 Å². The summed E-state index contributed by atoms with van der Waals surface area (Å²) in [4.78, 5) is 35.3. The molecule has 2 rings (SSSR count). The number of hydrogen-bond donors (Lipinski definition) is 2. The number of benzene rings is 2. The van der Waals surface area contributed by atoms with E-state index in [1.54, 1.807) is 60.7 Å². The Balaban J connectivity index is 1.71. The molecule has 0 aliphatic rings. The van der Waals surface area contributed by atoms with Crippen molar-refractivity contribution in [2.75, 3.05) is 13.2 Å². The maximum absolute atomic E-state index is 11.9. The summed E-state index contributed by atoms with van der Waals surface area (Å²) in [5, 5.41) is 0. The van der Waals surface area contributed by atoms with Gasteiger partial charge in [-0.05, 0) is 42.8 Å². The molecule has 2 aromatic rings. The summed E-state index contributed by atoms with van der Waals surface area (Å²) in [6.07, 6.45) is 4.41. The fraction of sp³-hybridized carbons (Fsp3) is 0.136. The van der Waals surface area contributed by atoms with Crippen LogP contribution in [0.1, 0.15) is 21.5 Å². The number of hydrogen-bond acceptors (Lipinski definition) is 5. The van der Waals surface area contributed by atoms with E-state index in [4.69, 9.17) is 9.47 Å². The summed E-state index contributed by atoms with van der Waals surface area (Å²) in [6.45, 7) is 5.36. The van der Waals surface area contributed by atoms with Crippen molar-refractivity contribution in [3.8, 4) is 5.75 Å². The summed E-state index contributed by atoms with van der Waals surface area (Å²) in [7, 11) is 0. The van der Waals surface area contributed by atoms with Crippen LogP contribution in [0.4, 0.5) is 0 Å². The average molecular weight is 394 g/mol. The number of carbonyl (C=O) groups excluding carboxylic acids is 3. The second kappa shape index (κ2) is 11.1. The van der Waals surface area contributed by atoms with Crippen molar-refractivity contribution in [2.45, 2.75) is 6.92 Å². The quantitative estimate of drug-likeness (QED) is 0.311. The van der Waals surface area contributed by atoms with E-state index < -0.39 is 24.4 Å². The van der Waals surface area contributed by atoms with Gasteiger partial charge in [-0.1, -0.05) is 42.5 Å². The lowest BCUT2D eigenvalue weighted by Gasteiger charge is -2.07. The normalized spacial score (nSPS) is 10.2. The van der Waals surface area contributed by atoms with Gasteiger partial charge in [0.1, 0.15) is 12.4 Å². The van der Waals surface area contributed by atoms with Gasteiger partial charge in [-0.15, -0.1) is 0 Å². The molecule has 0 aliphatic heterocycles. The van der Waals surface area contributed by atoms with Gasteiger partial charge < -0.3 is 9.47 Å². The summed E-state index contributed by atoms with van der Waals surface area (Å²) in [6, 6.07) is 13.9. The minimum Gasteiger partial charge on any atom is -0.490 e. The first-order chi connectivity index (χ1) is 14.0. The minimum absolute atomic E-state index is 0.400. The number of carbonyl (C=O) groups is 3. The predicted molar refractivity (Wildman–Crippen MR) is 109 cm³/mol. The lowest BCUT2D eigenvalue weighted by molar-refractivity contribution is -0.144. The molecule has 0 aromatic heterocycles. The molecule has 2 amide bonds. The Kier molecular flexibility index (Phi) is 8.19. The molecule has 0 saturated carbocycles. The van der Waals surface area contributed by atoms with Gasteiger partial charge in [0, 0.05) is 11.6 Å². The molecule has 7 nitrogen and oxygen atoms in total. The largest absolute Gasteiger partial charge is 0.490 e. The monoisotopic (exact) mass is 394 g/mol. The Morgan fingerprint density at radius 2 is 1.69 bits per heavy atom. The number of rotatable bonds is 8. The van der Waals surface area contributed by atoms with Crippen LogP contribution in [-0.2, 0) is 14.3 Å². The Bertz CT molecular complexity index is 886. The molecule has 0 saturated heterocycles. The zero-order valence-electron chi connectivity index (χ0n) is 16.0. The predicted octanol–water partition coefficient (Wildman–Crippen LogP) is 2.58. The number of esters is 1. The summed E-state index contributed by atoms with van der Waals surface area (Å²) < 4.78 is 10.2. The third kappa shape index (κ3) is 7.72. The molecule has 0 atom stereocenters. The molecular weight excluding hydrogens is 372 g/mol. The third-order valence-electron chi connectivity index (χ3n) is 3.63. The maximum atomic E-state index is 11.9. The lowest BCUT2D eigenvalue weighted by Crippen LogP contribution is -2.43. The maximum Gasteiger partial charge on any atom is 0.331 e. The Morgan fingerprint density at radius 3 is 2.34 bits per heavy atom. The van der Waals surface area contributed by atoms with Crippen LogP contribution in [-0.4, -0.2) is 31.0 Å². The summed E-state index contributed by atoms with van der Waals surface area (Å²) in [5.41, 5.74) is 6.62. The van der Waals surface area contributed by atoms with Crippen molar-refractivity contribution in [1.82, 2.24) is 10.9 Å². The van der Waals surface area contributed by atoms with Gasteiger partial charge in [0.2, 0.25) is 0 Å². The highest BCUT2D eigenvalue weighted by Crippen LogP contribution is 2.13. The SMILES string of the molecule is C=CCOc1ccc(/C=C/C(=O)OCC(=O)NNC(=O)c2ccc(C)cc2)cc1. The first-order valence-electron chi connectivity index (χ1n) is 8.82. The van der Waals surface area contributed by atoms with Crippen LogP contribution in [0.2, 0.25) is 0 Å². The summed E-state index contributed by atoms with van der Waals surface area (Å²) >= 11 is 0. The van der Waals surface area contributed by atoms with Gasteiger partial charge in [-0.3, -0.25) is 20.4 Å².